The highest BCUT2D eigenvalue weighted by molar-refractivity contribution is 5.42. The molecule has 18 heavy (non-hydrogen) atoms. The molecule has 2 rings (SSSR count). The molecule has 0 saturated carbocycles. The van der Waals surface area contributed by atoms with E-state index in [1.807, 2.05) is 26.0 Å². The van der Waals surface area contributed by atoms with Gasteiger partial charge in [0, 0.05) is 5.92 Å². The molecule has 0 amide bonds. The van der Waals surface area contributed by atoms with E-state index in [0.29, 0.717) is 5.75 Å². The Bertz CT molecular complexity index is 418. The molecule has 0 radical (unpaired) electrons. The number of aromatic hydroxyl groups is 1. The van der Waals surface area contributed by atoms with Gasteiger partial charge in [-0.2, -0.15) is 0 Å². The lowest BCUT2D eigenvalue weighted by atomic mass is 9.92. The van der Waals surface area contributed by atoms with Gasteiger partial charge in [-0.1, -0.05) is 13.0 Å². The number of benzene rings is 1. The van der Waals surface area contributed by atoms with E-state index in [9.17, 15) is 5.11 Å². The molecule has 1 fully saturated rings. The van der Waals surface area contributed by atoms with Crippen LogP contribution in [0.5, 0.6) is 11.5 Å². The summed E-state index contributed by atoms with van der Waals surface area (Å²) in [5.41, 5.74) is 0.999. The molecule has 0 bridgehead atoms. The number of ether oxygens (including phenoxy) is 3. The summed E-state index contributed by atoms with van der Waals surface area (Å²) in [5.74, 6) is 0.854. The molecule has 1 N–H and O–H groups in total. The maximum Gasteiger partial charge on any atom is 0.160 e. The fourth-order valence-electron chi connectivity index (χ4n) is 2.29. The normalized spacial score (nSPS) is 32.2. The molecule has 1 aliphatic rings. The molecule has 4 nitrogen and oxygen atoms in total. The zero-order valence-electron chi connectivity index (χ0n) is 11.2. The Hall–Kier alpha value is -1.26. The molecular weight excluding hydrogens is 232 g/mol. The van der Waals surface area contributed by atoms with Gasteiger partial charge in [0.1, 0.15) is 0 Å². The van der Waals surface area contributed by atoms with Crippen LogP contribution in [0.2, 0.25) is 0 Å². The van der Waals surface area contributed by atoms with Crippen LogP contribution in [-0.4, -0.2) is 24.6 Å². The second-order valence-corrected chi connectivity index (χ2v) is 4.76. The molecule has 100 valence electrons. The van der Waals surface area contributed by atoms with Crippen LogP contribution in [-0.2, 0) is 9.47 Å². The molecule has 0 unspecified atom stereocenters. The number of hydrogen-bond acceptors (Lipinski definition) is 4. The largest absolute Gasteiger partial charge is 0.504 e. The van der Waals surface area contributed by atoms with Gasteiger partial charge in [-0.15, -0.1) is 0 Å². The van der Waals surface area contributed by atoms with Crippen molar-refractivity contribution in [3.8, 4) is 11.5 Å². The van der Waals surface area contributed by atoms with Crippen LogP contribution in [0, 0.1) is 5.92 Å². The van der Waals surface area contributed by atoms with Crippen LogP contribution in [0.4, 0.5) is 0 Å². The molecular formula is C14H20O4. The maximum absolute atomic E-state index is 9.61. The number of methoxy groups -OCH3 is 1. The Morgan fingerprint density at radius 3 is 2.56 bits per heavy atom. The Kier molecular flexibility index (Phi) is 3.78. The van der Waals surface area contributed by atoms with Gasteiger partial charge in [0.15, 0.2) is 17.8 Å². The zero-order chi connectivity index (χ0) is 13.3. The van der Waals surface area contributed by atoms with E-state index < -0.39 is 0 Å². The van der Waals surface area contributed by atoms with Gasteiger partial charge < -0.3 is 19.3 Å². The van der Waals surface area contributed by atoms with Gasteiger partial charge in [-0.3, -0.25) is 0 Å². The molecule has 0 aliphatic carbocycles. The third-order valence-electron chi connectivity index (χ3n) is 3.49. The molecule has 4 atom stereocenters. The van der Waals surface area contributed by atoms with Crippen LogP contribution >= 0.6 is 0 Å². The summed E-state index contributed by atoms with van der Waals surface area (Å²) < 4.78 is 16.6. The van der Waals surface area contributed by atoms with Crippen LogP contribution in [0.3, 0.4) is 0 Å². The van der Waals surface area contributed by atoms with E-state index in [2.05, 4.69) is 6.92 Å². The lowest BCUT2D eigenvalue weighted by molar-refractivity contribution is -0.256. The van der Waals surface area contributed by atoms with Crippen molar-refractivity contribution < 1.29 is 19.3 Å². The average Bonchev–Trinajstić information content (AvgIpc) is 2.34. The Labute approximate surface area is 107 Å². The van der Waals surface area contributed by atoms with Crippen LogP contribution in [0.1, 0.15) is 32.4 Å². The predicted octanol–water partition coefficient (Wildman–Crippen LogP) is 2.86. The zero-order valence-corrected chi connectivity index (χ0v) is 11.2. The topological polar surface area (TPSA) is 47.9 Å². The fraction of sp³-hybridized carbons (Fsp3) is 0.571. The van der Waals surface area contributed by atoms with Gasteiger partial charge in [0.25, 0.3) is 0 Å². The summed E-state index contributed by atoms with van der Waals surface area (Å²) in [4.78, 5) is 0. The Morgan fingerprint density at radius 1 is 1.17 bits per heavy atom. The maximum atomic E-state index is 9.61. The van der Waals surface area contributed by atoms with E-state index in [1.54, 1.807) is 13.2 Å². The van der Waals surface area contributed by atoms with Gasteiger partial charge in [-0.05, 0) is 31.5 Å². The van der Waals surface area contributed by atoms with Crippen molar-refractivity contribution in [1.82, 2.24) is 0 Å². The minimum atomic E-state index is -0.221. The summed E-state index contributed by atoms with van der Waals surface area (Å²) in [6, 6.07) is 5.32. The monoisotopic (exact) mass is 252 g/mol. The first-order chi connectivity index (χ1) is 8.52. The van der Waals surface area contributed by atoms with Crippen molar-refractivity contribution in [3.63, 3.8) is 0 Å². The molecule has 0 spiro atoms. The van der Waals surface area contributed by atoms with Crippen molar-refractivity contribution in [1.29, 1.82) is 0 Å². The van der Waals surface area contributed by atoms with E-state index >= 15 is 0 Å². The van der Waals surface area contributed by atoms with Gasteiger partial charge >= 0.3 is 0 Å². The molecule has 1 aromatic rings. The molecule has 4 heteroatoms. The van der Waals surface area contributed by atoms with E-state index in [0.717, 1.165) is 5.56 Å². The minimum absolute atomic E-state index is 0.0433. The first-order valence-electron chi connectivity index (χ1n) is 6.20. The number of phenolic OH excluding ortho intramolecular Hbond substituents is 1. The van der Waals surface area contributed by atoms with Crippen LogP contribution in [0.15, 0.2) is 18.2 Å². The summed E-state index contributed by atoms with van der Waals surface area (Å²) in [6.07, 6.45) is -0.127. The van der Waals surface area contributed by atoms with Crippen molar-refractivity contribution in [3.05, 3.63) is 23.8 Å². The number of rotatable bonds is 2. The minimum Gasteiger partial charge on any atom is -0.504 e. The Morgan fingerprint density at radius 2 is 1.89 bits per heavy atom. The van der Waals surface area contributed by atoms with E-state index in [1.165, 1.54) is 0 Å². The second kappa shape index (κ2) is 5.16. The highest BCUT2D eigenvalue weighted by Crippen LogP contribution is 2.38. The number of hydrogen-bond donors (Lipinski definition) is 1. The summed E-state index contributed by atoms with van der Waals surface area (Å²) in [6.45, 7) is 6.04. The Balaban J connectivity index is 2.29. The summed E-state index contributed by atoms with van der Waals surface area (Å²) in [7, 11) is 1.54. The fourth-order valence-corrected chi connectivity index (χ4v) is 2.29. The molecule has 1 aromatic carbocycles. The molecule has 1 heterocycles. The van der Waals surface area contributed by atoms with Crippen molar-refractivity contribution >= 4 is 0 Å². The summed E-state index contributed by atoms with van der Waals surface area (Å²) in [5, 5.41) is 9.61. The van der Waals surface area contributed by atoms with E-state index in [4.69, 9.17) is 14.2 Å². The third kappa shape index (κ3) is 2.44. The summed E-state index contributed by atoms with van der Waals surface area (Å²) >= 11 is 0. The second-order valence-electron chi connectivity index (χ2n) is 4.76. The first-order valence-corrected chi connectivity index (χ1v) is 6.20. The van der Waals surface area contributed by atoms with Gasteiger partial charge in [-0.25, -0.2) is 0 Å². The van der Waals surface area contributed by atoms with E-state index in [-0.39, 0.29) is 30.2 Å². The van der Waals surface area contributed by atoms with Crippen molar-refractivity contribution in [2.24, 2.45) is 5.92 Å². The third-order valence-corrected chi connectivity index (χ3v) is 3.49. The van der Waals surface area contributed by atoms with Crippen LogP contribution < -0.4 is 4.74 Å². The highest BCUT2D eigenvalue weighted by atomic mass is 16.7. The quantitative estimate of drug-likeness (QED) is 0.879. The van der Waals surface area contributed by atoms with Crippen molar-refractivity contribution in [2.75, 3.05) is 7.11 Å². The van der Waals surface area contributed by atoms with Crippen LogP contribution in [0.25, 0.3) is 0 Å². The number of phenols is 1. The SMILES string of the molecule is COc1cc([C@@H]2O[C@H](C)O[C@H](C)[C@@H]2C)ccc1O. The first kappa shape index (κ1) is 13.2. The van der Waals surface area contributed by atoms with Gasteiger partial charge in [0.05, 0.1) is 19.3 Å². The lowest BCUT2D eigenvalue weighted by Gasteiger charge is -2.38. The van der Waals surface area contributed by atoms with Gasteiger partial charge in [0.2, 0.25) is 0 Å². The smallest absolute Gasteiger partial charge is 0.160 e. The molecule has 0 aromatic heterocycles. The van der Waals surface area contributed by atoms with Crippen molar-refractivity contribution in [2.45, 2.75) is 39.3 Å². The predicted molar refractivity (Wildman–Crippen MR) is 67.7 cm³/mol. The molecule has 1 aliphatic heterocycles. The highest BCUT2D eigenvalue weighted by Gasteiger charge is 2.33. The average molecular weight is 252 g/mol. The lowest BCUT2D eigenvalue weighted by Crippen LogP contribution is -2.37. The standard InChI is InChI=1S/C14H20O4/c1-8-9(2)17-10(3)18-14(8)11-5-6-12(15)13(7-11)16-4/h5-10,14-15H,1-4H3/t8-,9+,10+,14+/m0/s1. The molecule has 1 saturated heterocycles.